The van der Waals surface area contributed by atoms with E-state index in [-0.39, 0.29) is 30.3 Å². The molecule has 1 aromatic heterocycles. The summed E-state index contributed by atoms with van der Waals surface area (Å²) in [5, 5.41) is 3.15. The Morgan fingerprint density at radius 2 is 1.93 bits per heavy atom. The number of nitrogens with zero attached hydrogens (tertiary/aromatic N) is 1. The van der Waals surface area contributed by atoms with Crippen LogP contribution in [0.1, 0.15) is 49.5 Å². The number of ether oxygens (including phenoxy) is 1. The lowest BCUT2D eigenvalue weighted by Crippen LogP contribution is -2.47. The minimum Gasteiger partial charge on any atom is -0.497 e. The van der Waals surface area contributed by atoms with Gasteiger partial charge in [0.1, 0.15) is 23.4 Å². The van der Waals surface area contributed by atoms with E-state index in [1.807, 2.05) is 0 Å². The maximum atomic E-state index is 13.3. The molecular weight excluding hydrogens is 392 g/mol. The number of alkyl halides is 1. The van der Waals surface area contributed by atoms with Gasteiger partial charge < -0.3 is 19.4 Å². The smallest absolute Gasteiger partial charge is 0.247 e. The van der Waals surface area contributed by atoms with Crippen LogP contribution in [0.3, 0.4) is 0 Å². The average molecular weight is 419 g/mol. The Labute approximate surface area is 176 Å². The van der Waals surface area contributed by atoms with Crippen molar-refractivity contribution in [3.05, 3.63) is 54.0 Å². The second-order valence-electron chi connectivity index (χ2n) is 7.25. The van der Waals surface area contributed by atoms with Crippen LogP contribution in [0.5, 0.6) is 5.75 Å². The Balaban J connectivity index is 1.91. The maximum Gasteiger partial charge on any atom is 0.247 e. The van der Waals surface area contributed by atoms with Crippen LogP contribution >= 0.6 is 11.6 Å². The van der Waals surface area contributed by atoms with E-state index in [0.29, 0.717) is 17.1 Å². The molecule has 0 bridgehead atoms. The number of rotatable bonds is 8. The number of amides is 2. The zero-order chi connectivity index (χ0) is 20.6. The summed E-state index contributed by atoms with van der Waals surface area (Å²) in [5.41, 5.74) is 0.698. The second kappa shape index (κ2) is 10.3. The van der Waals surface area contributed by atoms with Crippen molar-refractivity contribution in [2.45, 2.75) is 50.7 Å². The number of hydrogen-bond donors (Lipinski definition) is 1. The van der Waals surface area contributed by atoms with E-state index in [0.717, 1.165) is 25.7 Å². The molecule has 0 unspecified atom stereocenters. The highest BCUT2D eigenvalue weighted by atomic mass is 35.5. The molecule has 3 rings (SSSR count). The fourth-order valence-electron chi connectivity index (χ4n) is 3.76. The molecule has 1 aromatic carbocycles. The van der Waals surface area contributed by atoms with Gasteiger partial charge in [0.25, 0.3) is 0 Å². The minimum atomic E-state index is -0.806. The van der Waals surface area contributed by atoms with Crippen LogP contribution in [-0.4, -0.2) is 35.7 Å². The first-order chi connectivity index (χ1) is 14.1. The van der Waals surface area contributed by atoms with E-state index >= 15 is 0 Å². The van der Waals surface area contributed by atoms with Crippen molar-refractivity contribution in [1.82, 2.24) is 10.2 Å². The fourth-order valence-corrected chi connectivity index (χ4v) is 3.91. The minimum absolute atomic E-state index is 0.133. The Hall–Kier alpha value is -2.47. The number of methoxy groups -OCH3 is 1. The summed E-state index contributed by atoms with van der Waals surface area (Å²) < 4.78 is 10.7. The third-order valence-electron chi connectivity index (χ3n) is 5.28. The van der Waals surface area contributed by atoms with Gasteiger partial charge in [0.15, 0.2) is 0 Å². The van der Waals surface area contributed by atoms with Crippen molar-refractivity contribution in [3.63, 3.8) is 0 Å². The van der Waals surface area contributed by atoms with Gasteiger partial charge in [-0.3, -0.25) is 9.59 Å². The van der Waals surface area contributed by atoms with Crippen molar-refractivity contribution in [1.29, 1.82) is 0 Å². The van der Waals surface area contributed by atoms with Crippen LogP contribution in [0.4, 0.5) is 0 Å². The van der Waals surface area contributed by atoms with Crippen molar-refractivity contribution < 1.29 is 18.7 Å². The molecule has 1 aliphatic rings. The molecule has 29 heavy (non-hydrogen) atoms. The van der Waals surface area contributed by atoms with E-state index in [1.165, 1.54) is 11.3 Å². The van der Waals surface area contributed by atoms with Crippen LogP contribution < -0.4 is 10.1 Å². The standard InChI is InChI=1S/C22H27ClN2O4/c1-28-18-11-9-16(10-12-18)21(22(27)24-17-6-3-2-4-7-17)25(20(26)14-23)15-19-8-5-13-29-19/h5,8-13,17,21H,2-4,6-7,14-15H2,1H3,(H,24,27)/t21-/m0/s1. The number of furan rings is 1. The lowest BCUT2D eigenvalue weighted by molar-refractivity contribution is -0.140. The van der Waals surface area contributed by atoms with Crippen molar-refractivity contribution >= 4 is 23.4 Å². The number of carbonyl (C=O) groups excluding carboxylic acids is 2. The largest absolute Gasteiger partial charge is 0.497 e. The highest BCUT2D eigenvalue weighted by Gasteiger charge is 2.33. The summed E-state index contributed by atoms with van der Waals surface area (Å²) in [6, 6.07) is 10.0. The Kier molecular flexibility index (Phi) is 7.58. The second-order valence-corrected chi connectivity index (χ2v) is 7.52. The number of halogens is 1. The highest BCUT2D eigenvalue weighted by Crippen LogP contribution is 2.27. The van der Waals surface area contributed by atoms with Crippen molar-refractivity contribution in [2.24, 2.45) is 0 Å². The van der Waals surface area contributed by atoms with Gasteiger partial charge in [-0.2, -0.15) is 0 Å². The van der Waals surface area contributed by atoms with E-state index in [2.05, 4.69) is 5.32 Å². The predicted octanol–water partition coefficient (Wildman–Crippen LogP) is 4.05. The molecule has 0 aliphatic heterocycles. The molecule has 0 radical (unpaired) electrons. The number of carbonyl (C=O) groups is 2. The van der Waals surface area contributed by atoms with Gasteiger partial charge in [-0.15, -0.1) is 11.6 Å². The maximum absolute atomic E-state index is 13.3. The fraction of sp³-hybridized carbons (Fsp3) is 0.455. The predicted molar refractivity (Wildman–Crippen MR) is 111 cm³/mol. The molecule has 1 fully saturated rings. The summed E-state index contributed by atoms with van der Waals surface area (Å²) >= 11 is 5.89. The van der Waals surface area contributed by atoms with E-state index in [9.17, 15) is 9.59 Å². The highest BCUT2D eigenvalue weighted by molar-refractivity contribution is 6.27. The molecule has 2 amide bonds. The average Bonchev–Trinajstić information content (AvgIpc) is 3.27. The van der Waals surface area contributed by atoms with Crippen molar-refractivity contribution in [3.8, 4) is 5.75 Å². The lowest BCUT2D eigenvalue weighted by Gasteiger charge is -2.32. The van der Waals surface area contributed by atoms with Crippen LogP contribution in [0.2, 0.25) is 0 Å². The van der Waals surface area contributed by atoms with Gasteiger partial charge in [0.05, 0.1) is 19.9 Å². The van der Waals surface area contributed by atoms with Gasteiger partial charge in [-0.05, 0) is 42.7 Å². The van der Waals surface area contributed by atoms with Crippen LogP contribution in [0, 0.1) is 0 Å². The summed E-state index contributed by atoms with van der Waals surface area (Å²) in [6.07, 6.45) is 6.88. The first-order valence-electron chi connectivity index (χ1n) is 9.94. The third kappa shape index (κ3) is 5.54. The van der Waals surface area contributed by atoms with Crippen LogP contribution in [0.15, 0.2) is 47.1 Å². The molecule has 0 spiro atoms. The first kappa shape index (κ1) is 21.2. The lowest BCUT2D eigenvalue weighted by atomic mass is 9.94. The summed E-state index contributed by atoms with van der Waals surface area (Å²) in [4.78, 5) is 27.5. The third-order valence-corrected chi connectivity index (χ3v) is 5.51. The Morgan fingerprint density at radius 3 is 2.52 bits per heavy atom. The SMILES string of the molecule is COc1ccc([C@@H](C(=O)NC2CCCCC2)N(Cc2ccco2)C(=O)CCl)cc1. The van der Waals surface area contributed by atoms with Crippen molar-refractivity contribution in [2.75, 3.05) is 13.0 Å². The molecule has 1 heterocycles. The summed E-state index contributed by atoms with van der Waals surface area (Å²) in [7, 11) is 1.59. The molecule has 1 aliphatic carbocycles. The molecule has 1 atom stereocenters. The van der Waals surface area contributed by atoms with Gasteiger partial charge in [0, 0.05) is 6.04 Å². The van der Waals surface area contributed by atoms with Gasteiger partial charge in [-0.25, -0.2) is 0 Å². The summed E-state index contributed by atoms with van der Waals surface area (Å²) in [6.45, 7) is 0.160. The summed E-state index contributed by atoms with van der Waals surface area (Å²) in [5.74, 6) is 0.521. The van der Waals surface area contributed by atoms with E-state index < -0.39 is 6.04 Å². The van der Waals surface area contributed by atoms with E-state index in [4.69, 9.17) is 20.8 Å². The number of nitrogens with one attached hydrogen (secondary N) is 1. The van der Waals surface area contributed by atoms with Gasteiger partial charge in [0.2, 0.25) is 11.8 Å². The van der Waals surface area contributed by atoms with E-state index in [1.54, 1.807) is 49.8 Å². The van der Waals surface area contributed by atoms with Crippen LogP contribution in [-0.2, 0) is 16.1 Å². The molecular formula is C22H27ClN2O4. The van der Waals surface area contributed by atoms with Gasteiger partial charge >= 0.3 is 0 Å². The Morgan fingerprint density at radius 1 is 1.21 bits per heavy atom. The van der Waals surface area contributed by atoms with Gasteiger partial charge in [-0.1, -0.05) is 31.4 Å². The molecule has 7 heteroatoms. The molecule has 6 nitrogen and oxygen atoms in total. The molecule has 156 valence electrons. The number of hydrogen-bond acceptors (Lipinski definition) is 4. The zero-order valence-electron chi connectivity index (χ0n) is 16.6. The Bertz CT molecular complexity index is 786. The molecule has 2 aromatic rings. The molecule has 0 saturated heterocycles. The number of benzene rings is 1. The van der Waals surface area contributed by atoms with Crippen LogP contribution in [0.25, 0.3) is 0 Å². The topological polar surface area (TPSA) is 71.8 Å². The zero-order valence-corrected chi connectivity index (χ0v) is 17.4. The molecule has 1 N–H and O–H groups in total. The quantitative estimate of drug-likeness (QED) is 0.656. The molecule has 1 saturated carbocycles. The normalized spacial score (nSPS) is 15.5. The monoisotopic (exact) mass is 418 g/mol. The first-order valence-corrected chi connectivity index (χ1v) is 10.5.